The molecule has 3 rings (SSSR count). The molecule has 8 heteroatoms. The Morgan fingerprint density at radius 1 is 1.42 bits per heavy atom. The molecule has 0 fully saturated rings. The van der Waals surface area contributed by atoms with E-state index in [1.807, 2.05) is 0 Å². The lowest BCUT2D eigenvalue weighted by atomic mass is 10.0. The highest BCUT2D eigenvalue weighted by atomic mass is 16.3. The van der Waals surface area contributed by atoms with E-state index in [0.717, 1.165) is 5.56 Å². The molecule has 124 valence electrons. The van der Waals surface area contributed by atoms with Crippen molar-refractivity contribution in [1.82, 2.24) is 19.7 Å². The number of amides is 1. The number of H-pyrrole nitrogens is 1. The fourth-order valence-electron chi connectivity index (χ4n) is 2.74. The van der Waals surface area contributed by atoms with E-state index < -0.39 is 0 Å². The lowest BCUT2D eigenvalue weighted by Crippen LogP contribution is -2.17. The third-order valence-electron chi connectivity index (χ3n) is 3.96. The van der Waals surface area contributed by atoms with Crippen LogP contribution in [-0.4, -0.2) is 30.8 Å². The van der Waals surface area contributed by atoms with Crippen LogP contribution in [0.1, 0.15) is 16.8 Å². The van der Waals surface area contributed by atoms with Crippen molar-refractivity contribution in [1.29, 1.82) is 0 Å². The minimum Gasteiger partial charge on any atom is -0.504 e. The van der Waals surface area contributed by atoms with Gasteiger partial charge in [-0.3, -0.25) is 19.4 Å². The van der Waals surface area contributed by atoms with E-state index in [1.54, 1.807) is 31.6 Å². The fraction of sp³-hybridized carbons (Fsp3) is 0.250. The number of aryl methyl sites for hydroxylation is 3. The van der Waals surface area contributed by atoms with Crippen LogP contribution >= 0.6 is 0 Å². The van der Waals surface area contributed by atoms with Gasteiger partial charge in [0.25, 0.3) is 5.56 Å². The molecule has 24 heavy (non-hydrogen) atoms. The maximum atomic E-state index is 12.3. The molecule has 0 unspecified atom stereocenters. The highest BCUT2D eigenvalue weighted by molar-refractivity contribution is 5.93. The van der Waals surface area contributed by atoms with Crippen LogP contribution in [0.2, 0.25) is 0 Å². The minimum atomic E-state index is -0.344. The number of aromatic amines is 1. The lowest BCUT2D eigenvalue weighted by molar-refractivity contribution is -0.115. The highest BCUT2D eigenvalue weighted by Gasteiger charge is 2.18. The molecule has 0 aliphatic heterocycles. The molecular weight excluding hydrogens is 310 g/mol. The van der Waals surface area contributed by atoms with Gasteiger partial charge in [-0.2, -0.15) is 0 Å². The van der Waals surface area contributed by atoms with Gasteiger partial charge in [0.15, 0.2) is 17.2 Å². The Morgan fingerprint density at radius 3 is 2.88 bits per heavy atom. The number of aromatic hydroxyl groups is 1. The summed E-state index contributed by atoms with van der Waals surface area (Å²) in [6.07, 6.45) is 1.51. The van der Waals surface area contributed by atoms with Crippen LogP contribution in [-0.2, 0) is 18.3 Å². The topological polar surface area (TPSA) is 113 Å². The van der Waals surface area contributed by atoms with Crippen LogP contribution < -0.4 is 10.9 Å². The van der Waals surface area contributed by atoms with E-state index in [-0.39, 0.29) is 29.5 Å². The van der Waals surface area contributed by atoms with Crippen molar-refractivity contribution >= 4 is 22.8 Å². The first-order valence-electron chi connectivity index (χ1n) is 7.37. The van der Waals surface area contributed by atoms with Crippen molar-refractivity contribution in [3.8, 4) is 5.75 Å². The number of fused-ring (bicyclic) bond motifs is 1. The Kier molecular flexibility index (Phi) is 3.80. The van der Waals surface area contributed by atoms with Crippen molar-refractivity contribution in [2.45, 2.75) is 20.3 Å². The van der Waals surface area contributed by atoms with E-state index in [0.29, 0.717) is 22.3 Å². The van der Waals surface area contributed by atoms with Gasteiger partial charge in [-0.25, -0.2) is 9.97 Å². The predicted octanol–water partition coefficient (Wildman–Crippen LogP) is 1.16. The van der Waals surface area contributed by atoms with E-state index in [1.165, 1.54) is 12.3 Å². The van der Waals surface area contributed by atoms with Gasteiger partial charge in [0, 0.05) is 18.9 Å². The van der Waals surface area contributed by atoms with E-state index in [4.69, 9.17) is 0 Å². The van der Waals surface area contributed by atoms with Gasteiger partial charge in [-0.05, 0) is 37.1 Å². The van der Waals surface area contributed by atoms with Gasteiger partial charge >= 0.3 is 0 Å². The van der Waals surface area contributed by atoms with Crippen LogP contribution in [0, 0.1) is 13.8 Å². The lowest BCUT2D eigenvalue weighted by Gasteiger charge is -2.11. The Bertz CT molecular complexity index is 1000. The summed E-state index contributed by atoms with van der Waals surface area (Å²) in [5.74, 6) is -0.347. The van der Waals surface area contributed by atoms with Crippen molar-refractivity contribution in [3.63, 3.8) is 0 Å². The monoisotopic (exact) mass is 327 g/mol. The van der Waals surface area contributed by atoms with E-state index >= 15 is 0 Å². The number of hydrogen-bond acceptors (Lipinski definition) is 5. The third kappa shape index (κ3) is 2.62. The SMILES string of the molecule is Cc1nc2c(c(C)c1CC(=O)Nc1ncccc1O)c(=O)[nH]n2C. The fourth-order valence-corrected chi connectivity index (χ4v) is 2.74. The van der Waals surface area contributed by atoms with Gasteiger partial charge < -0.3 is 10.4 Å². The molecular formula is C16H17N5O3. The first-order chi connectivity index (χ1) is 11.4. The number of nitrogens with zero attached hydrogens (tertiary/aromatic N) is 3. The van der Waals surface area contributed by atoms with Crippen LogP contribution in [0.3, 0.4) is 0 Å². The van der Waals surface area contributed by atoms with Gasteiger partial charge in [-0.15, -0.1) is 0 Å². The second-order valence-electron chi connectivity index (χ2n) is 5.60. The maximum absolute atomic E-state index is 12.3. The first kappa shape index (κ1) is 15.7. The summed E-state index contributed by atoms with van der Waals surface area (Å²) in [5.41, 5.74) is 2.41. The molecule has 0 radical (unpaired) electrons. The number of aromatic nitrogens is 4. The molecule has 3 aromatic heterocycles. The molecule has 0 aromatic carbocycles. The van der Waals surface area contributed by atoms with Gasteiger partial charge in [0.1, 0.15) is 0 Å². The molecule has 3 aromatic rings. The molecule has 8 nitrogen and oxygen atoms in total. The van der Waals surface area contributed by atoms with Crippen molar-refractivity contribution < 1.29 is 9.90 Å². The minimum absolute atomic E-state index is 0.0327. The quantitative estimate of drug-likeness (QED) is 0.668. The molecule has 0 saturated heterocycles. The summed E-state index contributed by atoms with van der Waals surface area (Å²) in [7, 11) is 1.71. The van der Waals surface area contributed by atoms with E-state index in [9.17, 15) is 14.7 Å². The van der Waals surface area contributed by atoms with Crippen LogP contribution in [0.5, 0.6) is 5.75 Å². The Hall–Kier alpha value is -3.16. The summed E-state index contributed by atoms with van der Waals surface area (Å²) in [5, 5.41) is 15.4. The van der Waals surface area contributed by atoms with Gasteiger partial charge in [-0.1, -0.05) is 0 Å². The Balaban J connectivity index is 1.95. The highest BCUT2D eigenvalue weighted by Crippen LogP contribution is 2.22. The van der Waals surface area contributed by atoms with Gasteiger partial charge in [0.05, 0.1) is 11.8 Å². The second-order valence-corrected chi connectivity index (χ2v) is 5.60. The molecule has 0 bridgehead atoms. The number of rotatable bonds is 3. The molecule has 3 heterocycles. The number of hydrogen-bond donors (Lipinski definition) is 3. The first-order valence-corrected chi connectivity index (χ1v) is 7.37. The zero-order valence-electron chi connectivity index (χ0n) is 13.5. The predicted molar refractivity (Wildman–Crippen MR) is 89.0 cm³/mol. The number of nitrogens with one attached hydrogen (secondary N) is 2. The van der Waals surface area contributed by atoms with Gasteiger partial charge in [0.2, 0.25) is 5.91 Å². The average Bonchev–Trinajstić information content (AvgIpc) is 2.80. The largest absolute Gasteiger partial charge is 0.504 e. The van der Waals surface area contributed by atoms with Crippen molar-refractivity contribution in [2.75, 3.05) is 5.32 Å². The molecule has 3 N–H and O–H groups in total. The summed E-state index contributed by atoms with van der Waals surface area (Å²) >= 11 is 0. The van der Waals surface area contributed by atoms with Crippen LogP contribution in [0.25, 0.3) is 11.0 Å². The summed E-state index contributed by atoms with van der Waals surface area (Å²) < 4.78 is 1.56. The summed E-state index contributed by atoms with van der Waals surface area (Å²) in [6.45, 7) is 3.60. The molecule has 0 saturated carbocycles. The number of pyridine rings is 2. The molecule has 0 aliphatic carbocycles. The normalized spacial score (nSPS) is 11.0. The third-order valence-corrected chi connectivity index (χ3v) is 3.96. The maximum Gasteiger partial charge on any atom is 0.273 e. The zero-order valence-corrected chi connectivity index (χ0v) is 13.5. The molecule has 1 amide bonds. The van der Waals surface area contributed by atoms with Crippen molar-refractivity contribution in [3.05, 3.63) is 45.5 Å². The number of anilines is 1. The molecule has 0 spiro atoms. The summed E-state index contributed by atoms with van der Waals surface area (Å²) in [6, 6.07) is 3.01. The Labute approximate surface area is 137 Å². The Morgan fingerprint density at radius 2 is 2.17 bits per heavy atom. The molecule has 0 atom stereocenters. The number of carbonyl (C=O) groups excluding carboxylic acids is 1. The second kappa shape index (κ2) is 5.80. The number of carbonyl (C=O) groups is 1. The van der Waals surface area contributed by atoms with E-state index in [2.05, 4.69) is 20.4 Å². The molecule has 0 aliphatic rings. The zero-order chi connectivity index (χ0) is 17.4. The average molecular weight is 327 g/mol. The van der Waals surface area contributed by atoms with Crippen LogP contribution in [0.4, 0.5) is 5.82 Å². The summed E-state index contributed by atoms with van der Waals surface area (Å²) in [4.78, 5) is 32.7. The van der Waals surface area contributed by atoms with Crippen molar-refractivity contribution in [2.24, 2.45) is 7.05 Å². The standard InChI is InChI=1S/C16H17N5O3/c1-8-10(7-12(23)19-14-11(22)5-4-6-17-14)9(2)18-15-13(8)16(24)20-21(15)3/h4-6,22H,7H2,1-3H3,(H,20,24)(H,17,19,23). The van der Waals surface area contributed by atoms with Crippen LogP contribution in [0.15, 0.2) is 23.1 Å². The smallest absolute Gasteiger partial charge is 0.273 e.